The predicted molar refractivity (Wildman–Crippen MR) is 75.9 cm³/mol. The second-order valence-corrected chi connectivity index (χ2v) is 5.71. The van der Waals surface area contributed by atoms with Gasteiger partial charge in [-0.2, -0.15) is 0 Å². The van der Waals surface area contributed by atoms with Crippen molar-refractivity contribution in [3.05, 3.63) is 34.7 Å². The van der Waals surface area contributed by atoms with E-state index in [1.807, 2.05) is 24.3 Å². The minimum atomic E-state index is -0.597. The first-order valence-corrected chi connectivity index (χ1v) is 7.22. The van der Waals surface area contributed by atoms with Crippen LogP contribution in [-0.2, 0) is 9.59 Å². The Balaban J connectivity index is 1.92. The van der Waals surface area contributed by atoms with Crippen molar-refractivity contribution in [3.63, 3.8) is 0 Å². The van der Waals surface area contributed by atoms with Gasteiger partial charge >= 0.3 is 5.69 Å². The zero-order valence-corrected chi connectivity index (χ0v) is 11.4. The van der Waals surface area contributed by atoms with E-state index in [0.29, 0.717) is 6.42 Å². The van der Waals surface area contributed by atoms with E-state index in [1.54, 1.807) is 9.13 Å². The van der Waals surface area contributed by atoms with Gasteiger partial charge in [0.05, 0.1) is 11.0 Å². The Labute approximate surface area is 120 Å². The molecule has 0 spiro atoms. The largest absolute Gasteiger partial charge is 0.330 e. The molecule has 4 rings (SSSR count). The Morgan fingerprint density at radius 3 is 2.24 bits per heavy atom. The first kappa shape index (κ1) is 12.4. The second kappa shape index (κ2) is 4.31. The molecule has 6 heteroatoms. The highest BCUT2D eigenvalue weighted by Gasteiger charge is 2.34. The van der Waals surface area contributed by atoms with E-state index in [1.165, 1.54) is 0 Å². The number of imide groups is 1. The number of piperidine rings is 1. The molecule has 1 atom stereocenters. The third kappa shape index (κ3) is 1.82. The quantitative estimate of drug-likeness (QED) is 0.840. The average Bonchev–Trinajstić information content (AvgIpc) is 3.24. The molecule has 2 aromatic rings. The van der Waals surface area contributed by atoms with Crippen molar-refractivity contribution >= 4 is 22.8 Å². The minimum absolute atomic E-state index is 0.145. The SMILES string of the molecule is O=C1CCC(n2c(=O)n(C3CC3)c3ccccc32)C(=O)N1. The second-order valence-electron chi connectivity index (χ2n) is 5.71. The molecule has 1 aromatic heterocycles. The number of fused-ring (bicyclic) bond motifs is 1. The van der Waals surface area contributed by atoms with Gasteiger partial charge in [0.1, 0.15) is 6.04 Å². The van der Waals surface area contributed by atoms with Crippen LogP contribution < -0.4 is 11.0 Å². The summed E-state index contributed by atoms with van der Waals surface area (Å²) >= 11 is 0. The third-order valence-corrected chi connectivity index (χ3v) is 4.25. The molecule has 6 nitrogen and oxygen atoms in total. The highest BCUT2D eigenvalue weighted by molar-refractivity contribution is 6.00. The number of amides is 2. The lowest BCUT2D eigenvalue weighted by Gasteiger charge is -2.21. The van der Waals surface area contributed by atoms with Crippen LogP contribution in [0.5, 0.6) is 0 Å². The van der Waals surface area contributed by atoms with E-state index in [0.717, 1.165) is 23.9 Å². The van der Waals surface area contributed by atoms with Crippen LogP contribution in [0.4, 0.5) is 0 Å². The summed E-state index contributed by atoms with van der Waals surface area (Å²) in [6.45, 7) is 0. The predicted octanol–water partition coefficient (Wildman–Crippen LogP) is 1.12. The summed E-state index contributed by atoms with van der Waals surface area (Å²) in [5.74, 6) is -0.651. The first-order chi connectivity index (χ1) is 10.2. The van der Waals surface area contributed by atoms with Crippen molar-refractivity contribution in [2.75, 3.05) is 0 Å². The van der Waals surface area contributed by atoms with Gasteiger partial charge in [0.15, 0.2) is 0 Å². The van der Waals surface area contributed by atoms with E-state index in [2.05, 4.69) is 5.32 Å². The lowest BCUT2D eigenvalue weighted by atomic mass is 10.1. The van der Waals surface area contributed by atoms with Crippen LogP contribution in [0.2, 0.25) is 0 Å². The molecule has 0 radical (unpaired) electrons. The maximum absolute atomic E-state index is 12.8. The van der Waals surface area contributed by atoms with Gasteiger partial charge in [-0.1, -0.05) is 12.1 Å². The molecule has 2 aliphatic rings. The summed E-state index contributed by atoms with van der Waals surface area (Å²) in [5, 5.41) is 2.33. The number of nitrogens with zero attached hydrogens (tertiary/aromatic N) is 2. The van der Waals surface area contributed by atoms with Gasteiger partial charge in [0.2, 0.25) is 11.8 Å². The van der Waals surface area contributed by atoms with Gasteiger partial charge in [-0.3, -0.25) is 24.0 Å². The van der Waals surface area contributed by atoms with Gasteiger partial charge in [-0.25, -0.2) is 4.79 Å². The maximum atomic E-state index is 12.8. The Bertz CT molecular complexity index is 813. The summed E-state index contributed by atoms with van der Waals surface area (Å²) in [6.07, 6.45) is 2.65. The van der Waals surface area contributed by atoms with Crippen molar-refractivity contribution < 1.29 is 9.59 Å². The van der Waals surface area contributed by atoms with Crippen LogP contribution in [0, 0.1) is 0 Å². The normalized spacial score (nSPS) is 22.6. The van der Waals surface area contributed by atoms with Crippen molar-refractivity contribution in [1.29, 1.82) is 0 Å². The minimum Gasteiger partial charge on any atom is -0.295 e. The number of carbonyl (C=O) groups excluding carboxylic acids is 2. The molecule has 1 aliphatic heterocycles. The van der Waals surface area contributed by atoms with Crippen LogP contribution in [0.3, 0.4) is 0 Å². The van der Waals surface area contributed by atoms with Crippen LogP contribution >= 0.6 is 0 Å². The zero-order chi connectivity index (χ0) is 14.6. The average molecular weight is 285 g/mol. The number of aromatic nitrogens is 2. The smallest absolute Gasteiger partial charge is 0.295 e. The third-order valence-electron chi connectivity index (χ3n) is 4.25. The summed E-state index contributed by atoms with van der Waals surface area (Å²) in [5.41, 5.74) is 1.49. The standard InChI is InChI=1S/C15H15N3O3/c19-13-8-7-12(14(20)16-13)18-11-4-2-1-3-10(11)17(15(18)21)9-5-6-9/h1-4,9,12H,5-8H2,(H,16,19,20). The Hall–Kier alpha value is -2.37. The van der Waals surface area contributed by atoms with Crippen LogP contribution in [0.1, 0.15) is 37.8 Å². The molecule has 1 unspecified atom stereocenters. The number of hydrogen-bond donors (Lipinski definition) is 1. The van der Waals surface area contributed by atoms with Crippen molar-refractivity contribution in [3.8, 4) is 0 Å². The van der Waals surface area contributed by atoms with Gasteiger partial charge in [0.25, 0.3) is 0 Å². The summed E-state index contributed by atoms with van der Waals surface area (Å²) < 4.78 is 3.34. The fraction of sp³-hybridized carbons (Fsp3) is 0.400. The molecular formula is C15H15N3O3. The van der Waals surface area contributed by atoms with Crippen LogP contribution in [0.25, 0.3) is 11.0 Å². The highest BCUT2D eigenvalue weighted by Crippen LogP contribution is 2.36. The monoisotopic (exact) mass is 285 g/mol. The number of nitrogens with one attached hydrogen (secondary N) is 1. The molecule has 2 amide bonds. The maximum Gasteiger partial charge on any atom is 0.330 e. The number of para-hydroxylation sites is 2. The zero-order valence-electron chi connectivity index (χ0n) is 11.4. The number of hydrogen-bond acceptors (Lipinski definition) is 3. The molecule has 2 fully saturated rings. The van der Waals surface area contributed by atoms with Crippen molar-refractivity contribution in [2.24, 2.45) is 0 Å². The molecule has 1 saturated carbocycles. The Kier molecular flexibility index (Phi) is 2.54. The first-order valence-electron chi connectivity index (χ1n) is 7.22. The number of rotatable bonds is 2. The topological polar surface area (TPSA) is 73.1 Å². The summed E-state index contributed by atoms with van der Waals surface area (Å²) in [6, 6.07) is 7.19. The number of benzene rings is 1. The van der Waals surface area contributed by atoms with E-state index >= 15 is 0 Å². The molecule has 21 heavy (non-hydrogen) atoms. The lowest BCUT2D eigenvalue weighted by molar-refractivity contribution is -0.135. The molecule has 1 aromatic carbocycles. The summed E-state index contributed by atoms with van der Waals surface area (Å²) in [4.78, 5) is 36.1. The molecule has 1 N–H and O–H groups in total. The van der Waals surface area contributed by atoms with Crippen molar-refractivity contribution in [1.82, 2.24) is 14.5 Å². The Morgan fingerprint density at radius 1 is 0.952 bits per heavy atom. The van der Waals surface area contributed by atoms with Gasteiger partial charge < -0.3 is 0 Å². The van der Waals surface area contributed by atoms with E-state index in [9.17, 15) is 14.4 Å². The van der Waals surface area contributed by atoms with Gasteiger partial charge in [-0.15, -0.1) is 0 Å². The lowest BCUT2D eigenvalue weighted by Crippen LogP contribution is -2.44. The van der Waals surface area contributed by atoms with Crippen LogP contribution in [-0.4, -0.2) is 20.9 Å². The molecule has 108 valence electrons. The van der Waals surface area contributed by atoms with E-state index in [-0.39, 0.29) is 30.0 Å². The molecule has 1 aliphatic carbocycles. The molecule has 2 heterocycles. The molecule has 0 bridgehead atoms. The molecular weight excluding hydrogens is 270 g/mol. The number of imidazole rings is 1. The summed E-state index contributed by atoms with van der Waals surface area (Å²) in [7, 11) is 0. The van der Waals surface area contributed by atoms with Crippen LogP contribution in [0.15, 0.2) is 29.1 Å². The van der Waals surface area contributed by atoms with Crippen molar-refractivity contribution in [2.45, 2.75) is 37.8 Å². The fourth-order valence-corrected chi connectivity index (χ4v) is 3.11. The highest BCUT2D eigenvalue weighted by atomic mass is 16.2. The van der Waals surface area contributed by atoms with E-state index in [4.69, 9.17) is 0 Å². The number of carbonyl (C=O) groups is 2. The van der Waals surface area contributed by atoms with Gasteiger partial charge in [0, 0.05) is 12.5 Å². The molecule has 1 saturated heterocycles. The fourth-order valence-electron chi connectivity index (χ4n) is 3.11. The van der Waals surface area contributed by atoms with E-state index < -0.39 is 6.04 Å². The van der Waals surface area contributed by atoms with Gasteiger partial charge in [-0.05, 0) is 31.4 Å². The Morgan fingerprint density at radius 2 is 1.62 bits per heavy atom.